The average Bonchev–Trinajstić information content (AvgIpc) is 3.08. The predicted molar refractivity (Wildman–Crippen MR) is 105 cm³/mol. The van der Waals surface area contributed by atoms with Gasteiger partial charge < -0.3 is 10.2 Å². The number of imidazole rings is 1. The van der Waals surface area contributed by atoms with Gasteiger partial charge in [0.1, 0.15) is 23.9 Å². The molecular formula is C20H14ClFN4O3. The van der Waals surface area contributed by atoms with Crippen molar-refractivity contribution in [2.45, 2.75) is 0 Å². The lowest BCUT2D eigenvalue weighted by Crippen LogP contribution is -2.33. The van der Waals surface area contributed by atoms with Crippen molar-refractivity contribution >= 4 is 29.0 Å². The van der Waals surface area contributed by atoms with E-state index in [4.69, 9.17) is 11.6 Å². The molecule has 1 amide bonds. The molecule has 0 spiro atoms. The standard InChI is InChI=1S/C20H14ClFN4O3/c21-13-3-7-15(8-4-13)26(11-27)19(29)18-17(12-1-5-14(22)6-2-12)24-20-23-16(28)9-10-25(18)20/h1-10,27H,11H2,(H,23,24,28). The van der Waals surface area contributed by atoms with Crippen molar-refractivity contribution in [3.63, 3.8) is 0 Å². The summed E-state index contributed by atoms with van der Waals surface area (Å²) in [5, 5.41) is 20.0. The molecule has 2 aromatic carbocycles. The Bertz CT molecular complexity index is 1190. The summed E-state index contributed by atoms with van der Waals surface area (Å²) < 4.78 is 14.8. The fraction of sp³-hybridized carbons (Fsp3) is 0.0500. The maximum absolute atomic E-state index is 13.4. The van der Waals surface area contributed by atoms with Crippen molar-refractivity contribution in [2.75, 3.05) is 11.6 Å². The van der Waals surface area contributed by atoms with E-state index < -0.39 is 18.5 Å². The highest BCUT2D eigenvalue weighted by Gasteiger charge is 2.26. The Balaban J connectivity index is 1.90. The molecule has 29 heavy (non-hydrogen) atoms. The first-order valence-electron chi connectivity index (χ1n) is 8.50. The van der Waals surface area contributed by atoms with Crippen molar-refractivity contribution in [1.29, 1.82) is 0 Å². The van der Waals surface area contributed by atoms with E-state index in [9.17, 15) is 19.4 Å². The number of aliphatic hydroxyl groups excluding tert-OH is 1. The Kier molecular flexibility index (Phi) is 4.87. The molecule has 0 atom stereocenters. The van der Waals surface area contributed by atoms with Crippen molar-refractivity contribution in [1.82, 2.24) is 14.4 Å². The van der Waals surface area contributed by atoms with Crippen molar-refractivity contribution in [3.05, 3.63) is 77.3 Å². The first-order valence-corrected chi connectivity index (χ1v) is 8.88. The number of hydrogen-bond acceptors (Lipinski definition) is 5. The van der Waals surface area contributed by atoms with Gasteiger partial charge in [-0.25, -0.2) is 9.37 Å². The largest absolute Gasteiger partial charge is 0.493 e. The Hall–Kier alpha value is -3.49. The molecule has 0 unspecified atom stereocenters. The van der Waals surface area contributed by atoms with Gasteiger partial charge in [-0.1, -0.05) is 11.6 Å². The van der Waals surface area contributed by atoms with Crippen LogP contribution in [0.1, 0.15) is 10.5 Å². The second kappa shape index (κ2) is 7.50. The zero-order chi connectivity index (χ0) is 20.5. The van der Waals surface area contributed by atoms with Gasteiger partial charge in [0.15, 0.2) is 0 Å². The molecule has 0 bridgehead atoms. The first-order chi connectivity index (χ1) is 14.0. The molecule has 0 saturated heterocycles. The van der Waals surface area contributed by atoms with Gasteiger partial charge in [0, 0.05) is 28.5 Å². The monoisotopic (exact) mass is 412 g/mol. The third-order valence-corrected chi connectivity index (χ3v) is 4.58. The van der Waals surface area contributed by atoms with Crippen LogP contribution in [0.2, 0.25) is 5.02 Å². The van der Waals surface area contributed by atoms with E-state index >= 15 is 0 Å². The Morgan fingerprint density at radius 1 is 1.07 bits per heavy atom. The summed E-state index contributed by atoms with van der Waals surface area (Å²) >= 11 is 5.91. The number of aromatic nitrogens is 3. The van der Waals surface area contributed by atoms with Crippen LogP contribution in [-0.2, 0) is 0 Å². The van der Waals surface area contributed by atoms with Crippen LogP contribution in [0.15, 0.2) is 60.8 Å². The van der Waals surface area contributed by atoms with Gasteiger partial charge in [0.05, 0.1) is 0 Å². The maximum atomic E-state index is 13.4. The maximum Gasteiger partial charge on any atom is 0.279 e. The summed E-state index contributed by atoms with van der Waals surface area (Å²) in [6, 6.07) is 13.2. The third kappa shape index (κ3) is 3.51. The van der Waals surface area contributed by atoms with Crippen LogP contribution in [0.3, 0.4) is 0 Å². The van der Waals surface area contributed by atoms with Gasteiger partial charge in [0.2, 0.25) is 11.7 Å². The number of fused-ring (bicyclic) bond motifs is 1. The van der Waals surface area contributed by atoms with Gasteiger partial charge in [-0.05, 0) is 48.5 Å². The molecule has 0 aliphatic heterocycles. The summed E-state index contributed by atoms with van der Waals surface area (Å²) in [5.41, 5.74) is 1.24. The number of anilines is 1. The number of benzene rings is 2. The molecule has 146 valence electrons. The molecule has 7 nitrogen and oxygen atoms in total. The minimum Gasteiger partial charge on any atom is -0.493 e. The van der Waals surface area contributed by atoms with Crippen molar-refractivity contribution in [3.8, 4) is 17.1 Å². The minimum atomic E-state index is -0.595. The van der Waals surface area contributed by atoms with E-state index in [1.54, 1.807) is 24.3 Å². The molecule has 4 rings (SSSR count). The third-order valence-electron chi connectivity index (χ3n) is 4.32. The van der Waals surface area contributed by atoms with E-state index in [0.29, 0.717) is 16.3 Å². The predicted octanol–water partition coefficient (Wildman–Crippen LogP) is 3.49. The van der Waals surface area contributed by atoms with Crippen LogP contribution in [0.5, 0.6) is 5.88 Å². The van der Waals surface area contributed by atoms with Crippen LogP contribution in [0, 0.1) is 5.82 Å². The Morgan fingerprint density at radius 2 is 1.76 bits per heavy atom. The van der Waals surface area contributed by atoms with E-state index in [1.807, 2.05) is 0 Å². The molecule has 0 saturated carbocycles. The first kappa shape index (κ1) is 18.9. The van der Waals surface area contributed by atoms with Crippen LogP contribution in [0.25, 0.3) is 17.0 Å². The SMILES string of the molecule is O=C(c1c(-c2ccc(F)cc2)nc2nc(O)ccn12)N(CO)c1ccc(Cl)cc1. The molecule has 4 aromatic rings. The quantitative estimate of drug-likeness (QED) is 0.501. The van der Waals surface area contributed by atoms with Crippen LogP contribution < -0.4 is 4.90 Å². The fourth-order valence-corrected chi connectivity index (χ4v) is 3.07. The van der Waals surface area contributed by atoms with E-state index in [-0.39, 0.29) is 23.0 Å². The normalized spacial score (nSPS) is 11.0. The number of aliphatic hydroxyl groups is 1. The summed E-state index contributed by atoms with van der Waals surface area (Å²) in [5.74, 6) is -1.17. The summed E-state index contributed by atoms with van der Waals surface area (Å²) in [6.45, 7) is -0.595. The summed E-state index contributed by atoms with van der Waals surface area (Å²) in [6.07, 6.45) is 1.45. The van der Waals surface area contributed by atoms with Gasteiger partial charge in [0.25, 0.3) is 5.91 Å². The molecule has 2 heterocycles. The number of rotatable bonds is 4. The average molecular weight is 413 g/mol. The highest BCUT2D eigenvalue weighted by atomic mass is 35.5. The lowest BCUT2D eigenvalue weighted by molar-refractivity contribution is 0.0955. The molecule has 2 N–H and O–H groups in total. The second-order valence-electron chi connectivity index (χ2n) is 6.12. The molecule has 0 aliphatic rings. The van der Waals surface area contributed by atoms with E-state index in [1.165, 1.54) is 40.9 Å². The fourth-order valence-electron chi connectivity index (χ4n) is 2.95. The van der Waals surface area contributed by atoms with E-state index in [2.05, 4.69) is 9.97 Å². The second-order valence-corrected chi connectivity index (χ2v) is 6.56. The zero-order valence-electron chi connectivity index (χ0n) is 14.8. The molecular weight excluding hydrogens is 399 g/mol. The lowest BCUT2D eigenvalue weighted by Gasteiger charge is -2.20. The molecule has 0 fully saturated rings. The lowest BCUT2D eigenvalue weighted by atomic mass is 10.1. The van der Waals surface area contributed by atoms with E-state index in [0.717, 1.165) is 4.90 Å². The molecule has 0 aliphatic carbocycles. The van der Waals surface area contributed by atoms with Crippen molar-refractivity contribution < 1.29 is 19.4 Å². The molecule has 9 heteroatoms. The van der Waals surface area contributed by atoms with Gasteiger partial charge in [-0.3, -0.25) is 14.1 Å². The molecule has 0 radical (unpaired) electrons. The van der Waals surface area contributed by atoms with Crippen molar-refractivity contribution in [2.24, 2.45) is 0 Å². The smallest absolute Gasteiger partial charge is 0.279 e. The number of aromatic hydroxyl groups is 1. The highest BCUT2D eigenvalue weighted by molar-refractivity contribution is 6.30. The van der Waals surface area contributed by atoms with Crippen LogP contribution >= 0.6 is 11.6 Å². The summed E-state index contributed by atoms with van der Waals surface area (Å²) in [4.78, 5) is 22.8. The highest BCUT2D eigenvalue weighted by Crippen LogP contribution is 2.28. The minimum absolute atomic E-state index is 0.0849. The van der Waals surface area contributed by atoms with Crippen LogP contribution in [-0.4, -0.2) is 37.2 Å². The van der Waals surface area contributed by atoms with Gasteiger partial charge >= 0.3 is 0 Å². The number of nitrogens with zero attached hydrogens (tertiary/aromatic N) is 4. The van der Waals surface area contributed by atoms with Gasteiger partial charge in [-0.15, -0.1) is 0 Å². The number of amides is 1. The summed E-state index contributed by atoms with van der Waals surface area (Å²) in [7, 11) is 0. The number of carbonyl (C=O) groups is 1. The topological polar surface area (TPSA) is 91.0 Å². The number of hydrogen-bond donors (Lipinski definition) is 2. The van der Waals surface area contributed by atoms with Crippen LogP contribution in [0.4, 0.5) is 10.1 Å². The number of halogens is 2. The Labute approximate surface area is 169 Å². The molecule has 2 aromatic heterocycles. The van der Waals surface area contributed by atoms with Gasteiger partial charge in [-0.2, -0.15) is 4.98 Å². The Morgan fingerprint density at radius 3 is 2.41 bits per heavy atom. The zero-order valence-corrected chi connectivity index (χ0v) is 15.6. The number of carbonyl (C=O) groups excluding carboxylic acids is 1.